The molecule has 0 saturated carbocycles. The highest BCUT2D eigenvalue weighted by molar-refractivity contribution is 7.89. The maximum Gasteiger partial charge on any atom is 0.315 e. The topological polar surface area (TPSA) is 98.8 Å². The van der Waals surface area contributed by atoms with Crippen LogP contribution in [-0.4, -0.2) is 62.3 Å². The van der Waals surface area contributed by atoms with Crippen LogP contribution >= 0.6 is 0 Å². The summed E-state index contributed by atoms with van der Waals surface area (Å²) >= 11 is 0. The Balaban J connectivity index is 1.45. The first kappa shape index (κ1) is 21.7. The Morgan fingerprint density at radius 1 is 0.900 bits per heavy atom. The highest BCUT2D eigenvalue weighted by Crippen LogP contribution is 2.20. The summed E-state index contributed by atoms with van der Waals surface area (Å²) in [5.41, 5.74) is 0.936. The van der Waals surface area contributed by atoms with Gasteiger partial charge in [0.15, 0.2) is 0 Å². The summed E-state index contributed by atoms with van der Waals surface area (Å²) in [7, 11) is -3.96. The van der Waals surface area contributed by atoms with Crippen molar-refractivity contribution in [1.82, 2.24) is 19.8 Å². The molecular weight excluding hydrogens is 411 g/mol. The molecule has 0 spiro atoms. The van der Waals surface area contributed by atoms with Gasteiger partial charge in [-0.05, 0) is 17.7 Å². The van der Waals surface area contributed by atoms with Gasteiger partial charge in [-0.2, -0.15) is 4.31 Å². The molecule has 8 nitrogen and oxygen atoms in total. The Morgan fingerprint density at radius 3 is 2.20 bits per heavy atom. The summed E-state index contributed by atoms with van der Waals surface area (Å²) in [6.45, 7) is 0.596. The molecule has 0 aliphatic carbocycles. The average molecular weight is 434 g/mol. The van der Waals surface area contributed by atoms with Crippen molar-refractivity contribution in [2.75, 3.05) is 32.7 Å². The van der Waals surface area contributed by atoms with Gasteiger partial charge in [-0.3, -0.25) is 4.79 Å². The fraction of sp³-hybridized carbons (Fsp3) is 0.300. The molecule has 2 aromatic carbocycles. The second-order valence-corrected chi connectivity index (χ2v) is 8.64. The molecule has 0 atom stereocenters. The van der Waals surface area contributed by atoms with E-state index in [1.807, 2.05) is 30.3 Å². The van der Waals surface area contributed by atoms with E-state index in [2.05, 4.69) is 10.6 Å². The van der Waals surface area contributed by atoms with Crippen LogP contribution in [0.1, 0.15) is 5.56 Å². The number of hydrogen-bond acceptors (Lipinski definition) is 4. The Labute approximate surface area is 174 Å². The van der Waals surface area contributed by atoms with Gasteiger partial charge in [-0.1, -0.05) is 42.5 Å². The maximum absolute atomic E-state index is 13.9. The number of nitrogens with one attached hydrogen (secondary N) is 2. The fourth-order valence-electron chi connectivity index (χ4n) is 3.08. The van der Waals surface area contributed by atoms with Gasteiger partial charge >= 0.3 is 6.03 Å². The molecule has 0 bridgehead atoms. The van der Waals surface area contributed by atoms with E-state index >= 15 is 0 Å². The van der Waals surface area contributed by atoms with Crippen LogP contribution in [0.5, 0.6) is 0 Å². The van der Waals surface area contributed by atoms with Crippen molar-refractivity contribution in [3.63, 3.8) is 0 Å². The summed E-state index contributed by atoms with van der Waals surface area (Å²) in [5, 5.41) is 5.17. The second kappa shape index (κ2) is 9.68. The van der Waals surface area contributed by atoms with Crippen LogP contribution in [-0.2, 0) is 21.4 Å². The van der Waals surface area contributed by atoms with Gasteiger partial charge in [0.2, 0.25) is 15.9 Å². The molecule has 2 N–H and O–H groups in total. The van der Waals surface area contributed by atoms with E-state index in [0.29, 0.717) is 6.54 Å². The minimum atomic E-state index is -3.96. The summed E-state index contributed by atoms with van der Waals surface area (Å²) < 4.78 is 40.2. The van der Waals surface area contributed by atoms with Crippen molar-refractivity contribution in [1.29, 1.82) is 0 Å². The predicted octanol–water partition coefficient (Wildman–Crippen LogP) is 1.16. The minimum absolute atomic E-state index is 0.0581. The van der Waals surface area contributed by atoms with Crippen LogP contribution in [0.2, 0.25) is 0 Å². The van der Waals surface area contributed by atoms with Crippen LogP contribution in [0.3, 0.4) is 0 Å². The molecule has 0 aromatic heterocycles. The zero-order valence-corrected chi connectivity index (χ0v) is 17.1. The second-order valence-electron chi connectivity index (χ2n) is 6.74. The van der Waals surface area contributed by atoms with Gasteiger partial charge in [0.25, 0.3) is 0 Å². The fourth-order valence-corrected chi connectivity index (χ4v) is 4.57. The molecule has 1 fully saturated rings. The average Bonchev–Trinajstić information content (AvgIpc) is 2.77. The first-order chi connectivity index (χ1) is 14.4. The van der Waals surface area contributed by atoms with E-state index in [1.54, 1.807) is 0 Å². The van der Waals surface area contributed by atoms with Crippen molar-refractivity contribution >= 4 is 22.0 Å². The number of hydrogen-bond donors (Lipinski definition) is 2. The molecule has 1 saturated heterocycles. The molecule has 0 radical (unpaired) electrons. The van der Waals surface area contributed by atoms with Crippen molar-refractivity contribution in [3.05, 3.63) is 66.0 Å². The first-order valence-electron chi connectivity index (χ1n) is 9.46. The maximum atomic E-state index is 13.9. The lowest BCUT2D eigenvalue weighted by molar-refractivity contribution is -0.131. The number of nitrogens with zero attached hydrogens (tertiary/aromatic N) is 2. The Morgan fingerprint density at radius 2 is 1.53 bits per heavy atom. The molecule has 30 heavy (non-hydrogen) atoms. The molecule has 3 amide bonds. The van der Waals surface area contributed by atoms with Gasteiger partial charge in [-0.25, -0.2) is 17.6 Å². The van der Waals surface area contributed by atoms with E-state index in [-0.39, 0.29) is 43.5 Å². The number of rotatable bonds is 6. The third kappa shape index (κ3) is 5.33. The van der Waals surface area contributed by atoms with E-state index in [9.17, 15) is 22.4 Å². The molecule has 0 unspecified atom stereocenters. The van der Waals surface area contributed by atoms with E-state index in [4.69, 9.17) is 0 Å². The van der Waals surface area contributed by atoms with Crippen LogP contribution in [0, 0.1) is 5.82 Å². The highest BCUT2D eigenvalue weighted by atomic mass is 32.2. The largest absolute Gasteiger partial charge is 0.339 e. The van der Waals surface area contributed by atoms with Gasteiger partial charge in [0.1, 0.15) is 10.7 Å². The van der Waals surface area contributed by atoms with E-state index < -0.39 is 21.9 Å². The SMILES string of the molecule is O=C(NCC(=O)N1CCN(S(=O)(=O)c2ccccc2F)CC1)NCc1ccccc1. The number of amides is 3. The third-order valence-corrected chi connectivity index (χ3v) is 6.67. The molecule has 1 heterocycles. The number of piperazine rings is 1. The van der Waals surface area contributed by atoms with Gasteiger partial charge in [-0.15, -0.1) is 0 Å². The third-order valence-electron chi connectivity index (χ3n) is 4.74. The zero-order valence-electron chi connectivity index (χ0n) is 16.3. The standard InChI is InChI=1S/C20H23FN4O4S/c21-17-8-4-5-9-18(17)30(28,29)25-12-10-24(11-13-25)19(26)15-23-20(27)22-14-16-6-2-1-3-7-16/h1-9H,10-15H2,(H2,22,23,27). The first-order valence-corrected chi connectivity index (χ1v) is 10.9. The van der Waals surface area contributed by atoms with Gasteiger partial charge in [0, 0.05) is 32.7 Å². The van der Waals surface area contributed by atoms with Crippen LogP contribution in [0.25, 0.3) is 0 Å². The predicted molar refractivity (Wildman–Crippen MR) is 108 cm³/mol. The summed E-state index contributed by atoms with van der Waals surface area (Å²) in [6.07, 6.45) is 0. The van der Waals surface area contributed by atoms with Crippen molar-refractivity contribution in [2.45, 2.75) is 11.4 Å². The zero-order chi connectivity index (χ0) is 21.6. The quantitative estimate of drug-likeness (QED) is 0.713. The van der Waals surface area contributed by atoms with Crippen LogP contribution in [0.15, 0.2) is 59.5 Å². The van der Waals surface area contributed by atoms with Crippen molar-refractivity contribution in [3.8, 4) is 0 Å². The molecule has 10 heteroatoms. The Kier molecular flexibility index (Phi) is 7.01. The lowest BCUT2D eigenvalue weighted by atomic mass is 10.2. The Hall–Kier alpha value is -2.98. The van der Waals surface area contributed by atoms with Crippen LogP contribution < -0.4 is 10.6 Å². The van der Waals surface area contributed by atoms with E-state index in [0.717, 1.165) is 15.9 Å². The van der Waals surface area contributed by atoms with Crippen molar-refractivity contribution < 1.29 is 22.4 Å². The molecular formula is C20H23FN4O4S. The monoisotopic (exact) mass is 434 g/mol. The summed E-state index contributed by atoms with van der Waals surface area (Å²) in [4.78, 5) is 25.3. The minimum Gasteiger partial charge on any atom is -0.339 e. The van der Waals surface area contributed by atoms with Crippen molar-refractivity contribution in [2.24, 2.45) is 0 Å². The lowest BCUT2D eigenvalue weighted by Gasteiger charge is -2.34. The normalized spacial score (nSPS) is 14.9. The Bertz CT molecular complexity index is 993. The molecule has 1 aliphatic rings. The number of carbonyl (C=O) groups is 2. The molecule has 2 aromatic rings. The highest BCUT2D eigenvalue weighted by Gasteiger charge is 2.31. The molecule has 3 rings (SSSR count). The number of benzene rings is 2. The number of urea groups is 1. The summed E-state index contributed by atoms with van der Waals surface area (Å²) in [5.74, 6) is -1.12. The number of halogens is 1. The molecule has 1 aliphatic heterocycles. The summed E-state index contributed by atoms with van der Waals surface area (Å²) in [6, 6.07) is 14.1. The van der Waals surface area contributed by atoms with Gasteiger partial charge in [0.05, 0.1) is 6.54 Å². The number of carbonyl (C=O) groups excluding carboxylic acids is 2. The van der Waals surface area contributed by atoms with E-state index in [1.165, 1.54) is 23.1 Å². The lowest BCUT2D eigenvalue weighted by Crippen LogP contribution is -2.53. The smallest absolute Gasteiger partial charge is 0.315 e. The number of sulfonamides is 1. The molecule has 160 valence electrons. The van der Waals surface area contributed by atoms with Gasteiger partial charge < -0.3 is 15.5 Å². The van der Waals surface area contributed by atoms with Crippen LogP contribution in [0.4, 0.5) is 9.18 Å².